The highest BCUT2D eigenvalue weighted by Crippen LogP contribution is 2.14. The summed E-state index contributed by atoms with van der Waals surface area (Å²) >= 11 is 1.65. The number of halogens is 1. The number of hydrogen-bond donors (Lipinski definition) is 1. The lowest BCUT2D eigenvalue weighted by molar-refractivity contribution is -0.121. The van der Waals surface area contributed by atoms with Gasteiger partial charge in [-0.1, -0.05) is 12.1 Å². The molecule has 1 aromatic carbocycles. The van der Waals surface area contributed by atoms with Crippen molar-refractivity contribution in [2.24, 2.45) is 0 Å². The van der Waals surface area contributed by atoms with Crippen LogP contribution in [-0.4, -0.2) is 5.91 Å². The maximum absolute atomic E-state index is 12.7. The average Bonchev–Trinajstić information content (AvgIpc) is 2.81. The van der Waals surface area contributed by atoms with Crippen LogP contribution in [0.15, 0.2) is 35.7 Å². The fourth-order valence-electron chi connectivity index (χ4n) is 1.76. The molecular weight excluding hydrogens is 261 g/mol. The van der Waals surface area contributed by atoms with E-state index in [0.717, 1.165) is 5.56 Å². The van der Waals surface area contributed by atoms with Crippen molar-refractivity contribution in [3.05, 3.63) is 57.5 Å². The number of rotatable bonds is 5. The first-order valence-electron chi connectivity index (χ1n) is 6.19. The van der Waals surface area contributed by atoms with Gasteiger partial charge < -0.3 is 5.32 Å². The molecule has 0 aliphatic carbocycles. The Hall–Kier alpha value is -1.68. The summed E-state index contributed by atoms with van der Waals surface area (Å²) in [6.45, 7) is 2.63. The van der Waals surface area contributed by atoms with Crippen LogP contribution in [0, 0.1) is 12.7 Å². The molecule has 0 saturated carbocycles. The van der Waals surface area contributed by atoms with Crippen LogP contribution in [0.5, 0.6) is 0 Å². The molecule has 0 bridgehead atoms. The van der Waals surface area contributed by atoms with Crippen molar-refractivity contribution in [1.29, 1.82) is 0 Å². The van der Waals surface area contributed by atoms with Crippen LogP contribution in [0.4, 0.5) is 4.39 Å². The average molecular weight is 277 g/mol. The van der Waals surface area contributed by atoms with Crippen molar-refractivity contribution >= 4 is 17.2 Å². The summed E-state index contributed by atoms with van der Waals surface area (Å²) in [4.78, 5) is 12.9. The van der Waals surface area contributed by atoms with E-state index >= 15 is 0 Å². The molecule has 2 nitrogen and oxygen atoms in total. The molecule has 4 heteroatoms. The number of amides is 1. The van der Waals surface area contributed by atoms with Crippen molar-refractivity contribution in [2.75, 3.05) is 0 Å². The first-order chi connectivity index (χ1) is 9.15. The molecule has 2 rings (SSSR count). The Balaban J connectivity index is 1.76. The molecule has 0 atom stereocenters. The van der Waals surface area contributed by atoms with E-state index in [0.29, 0.717) is 19.4 Å². The molecule has 0 fully saturated rings. The van der Waals surface area contributed by atoms with Gasteiger partial charge in [0.15, 0.2) is 0 Å². The summed E-state index contributed by atoms with van der Waals surface area (Å²) in [6.07, 6.45) is 1.06. The van der Waals surface area contributed by atoms with E-state index in [1.54, 1.807) is 23.5 Å². The molecule has 19 heavy (non-hydrogen) atoms. The Morgan fingerprint density at radius 2 is 2.00 bits per heavy atom. The van der Waals surface area contributed by atoms with Gasteiger partial charge in [0.2, 0.25) is 5.91 Å². The minimum atomic E-state index is -0.249. The molecule has 100 valence electrons. The third kappa shape index (κ3) is 4.17. The summed E-state index contributed by atoms with van der Waals surface area (Å²) in [7, 11) is 0. The molecule has 0 unspecified atom stereocenters. The second kappa shape index (κ2) is 6.48. The van der Waals surface area contributed by atoms with E-state index in [9.17, 15) is 9.18 Å². The standard InChI is InChI=1S/C15H16FNOS/c1-11-8-9-19-14(11)10-17-15(18)7-4-12-2-5-13(16)6-3-12/h2-3,5-6,8-9H,4,7,10H2,1H3,(H,17,18). The first-order valence-corrected chi connectivity index (χ1v) is 7.07. The Morgan fingerprint density at radius 3 is 2.63 bits per heavy atom. The number of thiophene rings is 1. The van der Waals surface area contributed by atoms with Crippen molar-refractivity contribution < 1.29 is 9.18 Å². The van der Waals surface area contributed by atoms with Crippen LogP contribution in [0.25, 0.3) is 0 Å². The van der Waals surface area contributed by atoms with E-state index in [-0.39, 0.29) is 11.7 Å². The van der Waals surface area contributed by atoms with E-state index in [1.165, 1.54) is 22.6 Å². The minimum Gasteiger partial charge on any atom is -0.351 e. The molecule has 0 saturated heterocycles. The highest BCUT2D eigenvalue weighted by molar-refractivity contribution is 7.10. The first kappa shape index (κ1) is 13.7. The molecule has 1 aromatic heterocycles. The number of benzene rings is 1. The van der Waals surface area contributed by atoms with Gasteiger partial charge in [-0.15, -0.1) is 11.3 Å². The van der Waals surface area contributed by atoms with Crippen molar-refractivity contribution in [2.45, 2.75) is 26.3 Å². The largest absolute Gasteiger partial charge is 0.351 e. The summed E-state index contributed by atoms with van der Waals surface area (Å²) in [5.41, 5.74) is 2.19. The number of aryl methyl sites for hydroxylation is 2. The van der Waals surface area contributed by atoms with Gasteiger partial charge in [-0.2, -0.15) is 0 Å². The summed E-state index contributed by atoms with van der Waals surface area (Å²) < 4.78 is 12.7. The second-order valence-corrected chi connectivity index (χ2v) is 5.43. The van der Waals surface area contributed by atoms with Crippen LogP contribution in [0.2, 0.25) is 0 Å². The van der Waals surface area contributed by atoms with E-state index in [1.807, 2.05) is 18.4 Å². The predicted octanol–water partition coefficient (Wildman–Crippen LogP) is 3.44. The third-order valence-corrected chi connectivity index (χ3v) is 3.99. The van der Waals surface area contributed by atoms with Crippen LogP contribution >= 0.6 is 11.3 Å². The second-order valence-electron chi connectivity index (χ2n) is 4.43. The lowest BCUT2D eigenvalue weighted by atomic mass is 10.1. The number of nitrogens with one attached hydrogen (secondary N) is 1. The van der Waals surface area contributed by atoms with Crippen molar-refractivity contribution in [3.8, 4) is 0 Å². The van der Waals surface area contributed by atoms with Gasteiger partial charge in [0.25, 0.3) is 0 Å². The minimum absolute atomic E-state index is 0.0251. The third-order valence-electron chi connectivity index (χ3n) is 2.97. The fraction of sp³-hybridized carbons (Fsp3) is 0.267. The van der Waals surface area contributed by atoms with E-state index in [2.05, 4.69) is 5.32 Å². The Bertz CT molecular complexity index is 548. The maximum atomic E-state index is 12.7. The van der Waals surface area contributed by atoms with Crippen LogP contribution in [-0.2, 0) is 17.8 Å². The van der Waals surface area contributed by atoms with Crippen molar-refractivity contribution in [3.63, 3.8) is 0 Å². The van der Waals surface area contributed by atoms with Crippen molar-refractivity contribution in [1.82, 2.24) is 5.32 Å². The van der Waals surface area contributed by atoms with Gasteiger partial charge in [0.1, 0.15) is 5.82 Å². The fourth-order valence-corrected chi connectivity index (χ4v) is 2.61. The Kier molecular flexibility index (Phi) is 4.68. The van der Waals surface area contributed by atoms with Crippen LogP contribution in [0.3, 0.4) is 0 Å². The topological polar surface area (TPSA) is 29.1 Å². The SMILES string of the molecule is Cc1ccsc1CNC(=O)CCc1ccc(F)cc1. The highest BCUT2D eigenvalue weighted by Gasteiger charge is 2.04. The smallest absolute Gasteiger partial charge is 0.220 e. The molecule has 1 N–H and O–H groups in total. The molecule has 1 heterocycles. The van der Waals surface area contributed by atoms with Gasteiger partial charge in [-0.25, -0.2) is 4.39 Å². The van der Waals surface area contributed by atoms with Gasteiger partial charge >= 0.3 is 0 Å². The van der Waals surface area contributed by atoms with Gasteiger partial charge in [-0.3, -0.25) is 4.79 Å². The lowest BCUT2D eigenvalue weighted by Crippen LogP contribution is -2.22. The van der Waals surface area contributed by atoms with E-state index < -0.39 is 0 Å². The molecule has 1 amide bonds. The molecule has 0 radical (unpaired) electrons. The zero-order valence-electron chi connectivity index (χ0n) is 10.8. The monoisotopic (exact) mass is 277 g/mol. The van der Waals surface area contributed by atoms with Gasteiger partial charge in [0.05, 0.1) is 6.54 Å². The number of carbonyl (C=O) groups excluding carboxylic acids is 1. The lowest BCUT2D eigenvalue weighted by Gasteiger charge is -2.05. The van der Waals surface area contributed by atoms with Crippen LogP contribution < -0.4 is 5.32 Å². The normalized spacial score (nSPS) is 10.4. The zero-order chi connectivity index (χ0) is 13.7. The van der Waals surface area contributed by atoms with Gasteiger partial charge in [-0.05, 0) is 48.1 Å². The summed E-state index contributed by atoms with van der Waals surface area (Å²) in [5.74, 6) is -0.224. The zero-order valence-corrected chi connectivity index (χ0v) is 11.6. The quantitative estimate of drug-likeness (QED) is 0.891. The molecule has 2 aromatic rings. The number of hydrogen-bond acceptors (Lipinski definition) is 2. The number of carbonyl (C=O) groups is 1. The Morgan fingerprint density at radius 1 is 1.26 bits per heavy atom. The summed E-state index contributed by atoms with van der Waals surface area (Å²) in [5, 5.41) is 4.93. The van der Waals surface area contributed by atoms with E-state index in [4.69, 9.17) is 0 Å². The highest BCUT2D eigenvalue weighted by atomic mass is 32.1. The maximum Gasteiger partial charge on any atom is 0.220 e. The molecule has 0 aliphatic heterocycles. The van der Waals surface area contributed by atoms with Gasteiger partial charge in [0, 0.05) is 11.3 Å². The summed E-state index contributed by atoms with van der Waals surface area (Å²) in [6, 6.07) is 8.31. The molecular formula is C15H16FNOS. The molecule has 0 spiro atoms. The Labute approximate surface area is 116 Å². The molecule has 0 aliphatic rings. The van der Waals surface area contributed by atoms with Crippen LogP contribution in [0.1, 0.15) is 22.4 Å². The predicted molar refractivity (Wildman–Crippen MR) is 75.6 cm³/mol.